The number of aromatic nitrogens is 2. The third-order valence-electron chi connectivity index (χ3n) is 3.33. The average Bonchev–Trinajstić information content (AvgIpc) is 2.69. The number of halogens is 2. The van der Waals surface area contributed by atoms with Crippen molar-refractivity contribution in [3.05, 3.63) is 11.7 Å². The number of alkyl halides is 2. The summed E-state index contributed by atoms with van der Waals surface area (Å²) in [5, 5.41) is 6.50. The number of nitrogens with one attached hydrogen (secondary N) is 1. The molecule has 16 heavy (non-hydrogen) atoms. The van der Waals surface area contributed by atoms with E-state index in [0.717, 1.165) is 12.8 Å². The van der Waals surface area contributed by atoms with Crippen molar-refractivity contribution in [2.45, 2.75) is 43.6 Å². The van der Waals surface area contributed by atoms with Gasteiger partial charge in [-0.25, -0.2) is 8.78 Å². The molecular formula is C10H13F2N3O. The molecule has 1 saturated carbocycles. The molecule has 6 heteroatoms. The maximum atomic E-state index is 13.0. The van der Waals surface area contributed by atoms with Gasteiger partial charge in [-0.15, -0.1) is 0 Å². The predicted molar refractivity (Wildman–Crippen MR) is 51.2 cm³/mol. The summed E-state index contributed by atoms with van der Waals surface area (Å²) < 4.78 is 31.1. The SMILES string of the molecule is FC1(F)CN[C@@H](c2noc(C3CCC3)n2)C1. The highest BCUT2D eigenvalue weighted by molar-refractivity contribution is 5.04. The molecule has 0 bridgehead atoms. The minimum atomic E-state index is -2.65. The fourth-order valence-electron chi connectivity index (χ4n) is 2.11. The molecule has 1 N–H and O–H groups in total. The lowest BCUT2D eigenvalue weighted by Gasteiger charge is -2.20. The quantitative estimate of drug-likeness (QED) is 0.842. The lowest BCUT2D eigenvalue weighted by Crippen LogP contribution is -2.19. The molecule has 88 valence electrons. The third-order valence-corrected chi connectivity index (χ3v) is 3.33. The van der Waals surface area contributed by atoms with Crippen LogP contribution in [0.1, 0.15) is 49.4 Å². The molecule has 1 aromatic heterocycles. The molecule has 2 aliphatic rings. The molecule has 1 atom stereocenters. The van der Waals surface area contributed by atoms with E-state index in [1.165, 1.54) is 6.42 Å². The highest BCUT2D eigenvalue weighted by atomic mass is 19.3. The summed E-state index contributed by atoms with van der Waals surface area (Å²) in [4.78, 5) is 4.21. The molecular weight excluding hydrogens is 216 g/mol. The average molecular weight is 229 g/mol. The highest BCUT2D eigenvalue weighted by Crippen LogP contribution is 2.37. The Morgan fingerprint density at radius 1 is 1.38 bits per heavy atom. The summed E-state index contributed by atoms with van der Waals surface area (Å²) in [7, 11) is 0. The predicted octanol–water partition coefficient (Wildman–Crippen LogP) is 2.01. The van der Waals surface area contributed by atoms with Gasteiger partial charge in [0.15, 0.2) is 5.82 Å². The number of hydrogen-bond acceptors (Lipinski definition) is 4. The maximum Gasteiger partial charge on any atom is 0.262 e. The van der Waals surface area contributed by atoms with Crippen LogP contribution in [0.2, 0.25) is 0 Å². The lowest BCUT2D eigenvalue weighted by atomic mass is 9.85. The molecule has 1 aliphatic carbocycles. The second kappa shape index (κ2) is 3.48. The molecule has 4 nitrogen and oxygen atoms in total. The van der Waals surface area contributed by atoms with Gasteiger partial charge in [0.2, 0.25) is 5.89 Å². The molecule has 0 spiro atoms. The monoisotopic (exact) mass is 229 g/mol. The van der Waals surface area contributed by atoms with Gasteiger partial charge in [-0.2, -0.15) is 4.98 Å². The first kappa shape index (κ1) is 10.1. The van der Waals surface area contributed by atoms with Crippen molar-refractivity contribution >= 4 is 0 Å². The van der Waals surface area contributed by atoms with Crippen molar-refractivity contribution in [2.24, 2.45) is 0 Å². The van der Waals surface area contributed by atoms with Crippen LogP contribution in [0, 0.1) is 0 Å². The summed E-state index contributed by atoms with van der Waals surface area (Å²) >= 11 is 0. The van der Waals surface area contributed by atoms with Crippen molar-refractivity contribution in [3.8, 4) is 0 Å². The van der Waals surface area contributed by atoms with Gasteiger partial charge in [-0.3, -0.25) is 0 Å². The van der Waals surface area contributed by atoms with Gasteiger partial charge in [0.25, 0.3) is 5.92 Å². The van der Waals surface area contributed by atoms with E-state index in [1.54, 1.807) is 0 Å². The van der Waals surface area contributed by atoms with E-state index in [0.29, 0.717) is 17.6 Å². The number of hydrogen-bond donors (Lipinski definition) is 1. The minimum absolute atomic E-state index is 0.239. The van der Waals surface area contributed by atoms with Crippen molar-refractivity contribution in [2.75, 3.05) is 6.54 Å². The largest absolute Gasteiger partial charge is 0.339 e. The minimum Gasteiger partial charge on any atom is -0.339 e. The Morgan fingerprint density at radius 2 is 2.19 bits per heavy atom. The van der Waals surface area contributed by atoms with Crippen LogP contribution < -0.4 is 5.32 Å². The standard InChI is InChI=1S/C10H13F2N3O/c11-10(12)4-7(13-5-10)8-14-9(16-15-8)6-2-1-3-6/h6-7,13H,1-5H2/t7-/m1/s1. The zero-order valence-corrected chi connectivity index (χ0v) is 8.75. The topological polar surface area (TPSA) is 51.0 Å². The van der Waals surface area contributed by atoms with Gasteiger partial charge >= 0.3 is 0 Å². The van der Waals surface area contributed by atoms with Crippen molar-refractivity contribution in [1.82, 2.24) is 15.5 Å². The normalized spacial score (nSPS) is 29.2. The smallest absolute Gasteiger partial charge is 0.262 e. The van der Waals surface area contributed by atoms with Crippen LogP contribution in [0.5, 0.6) is 0 Å². The Bertz CT molecular complexity index is 389. The lowest BCUT2D eigenvalue weighted by molar-refractivity contribution is 0.0207. The zero-order chi connectivity index (χ0) is 11.2. The molecule has 1 saturated heterocycles. The van der Waals surface area contributed by atoms with Crippen LogP contribution in [0.4, 0.5) is 8.78 Å². The van der Waals surface area contributed by atoms with Crippen molar-refractivity contribution in [1.29, 1.82) is 0 Å². The Hall–Kier alpha value is -1.04. The molecule has 2 heterocycles. The van der Waals surface area contributed by atoms with Crippen LogP contribution in [0.3, 0.4) is 0 Å². The fourth-order valence-corrected chi connectivity index (χ4v) is 2.11. The van der Waals surface area contributed by atoms with E-state index in [9.17, 15) is 8.78 Å². The van der Waals surface area contributed by atoms with Crippen molar-refractivity contribution in [3.63, 3.8) is 0 Å². The van der Waals surface area contributed by atoms with Crippen LogP contribution in [0.25, 0.3) is 0 Å². The zero-order valence-electron chi connectivity index (χ0n) is 8.75. The van der Waals surface area contributed by atoms with Crippen LogP contribution in [-0.2, 0) is 0 Å². The van der Waals surface area contributed by atoms with E-state index in [2.05, 4.69) is 15.5 Å². The molecule has 2 fully saturated rings. The summed E-state index contributed by atoms with van der Waals surface area (Å²) in [6.07, 6.45) is 3.07. The molecule has 0 unspecified atom stereocenters. The molecule has 0 amide bonds. The van der Waals surface area contributed by atoms with Crippen molar-refractivity contribution < 1.29 is 13.3 Å². The van der Waals surface area contributed by atoms with Crippen LogP contribution in [0.15, 0.2) is 4.52 Å². The van der Waals surface area contributed by atoms with Gasteiger partial charge in [0, 0.05) is 12.3 Å². The molecule has 3 rings (SSSR count). The van der Waals surface area contributed by atoms with E-state index >= 15 is 0 Å². The first-order chi connectivity index (χ1) is 7.64. The maximum absolute atomic E-state index is 13.0. The molecule has 0 aromatic carbocycles. The number of nitrogens with zero attached hydrogens (tertiary/aromatic N) is 2. The van der Waals surface area contributed by atoms with E-state index in [1.807, 2.05) is 0 Å². The first-order valence-electron chi connectivity index (χ1n) is 5.59. The van der Waals surface area contributed by atoms with E-state index in [4.69, 9.17) is 4.52 Å². The summed E-state index contributed by atoms with van der Waals surface area (Å²) in [6, 6.07) is -0.465. The van der Waals surface area contributed by atoms with Gasteiger partial charge in [0.05, 0.1) is 12.6 Å². The Morgan fingerprint density at radius 3 is 2.75 bits per heavy atom. The molecule has 0 radical (unpaired) electrons. The van der Waals surface area contributed by atoms with Crippen LogP contribution in [-0.4, -0.2) is 22.6 Å². The van der Waals surface area contributed by atoms with Gasteiger partial charge in [0.1, 0.15) is 0 Å². The Labute approximate surface area is 91.4 Å². The summed E-state index contributed by atoms with van der Waals surface area (Å²) in [6.45, 7) is -0.301. The van der Waals surface area contributed by atoms with Crippen LogP contribution >= 0.6 is 0 Å². The van der Waals surface area contributed by atoms with Gasteiger partial charge in [-0.05, 0) is 12.8 Å². The first-order valence-corrected chi connectivity index (χ1v) is 5.59. The van der Waals surface area contributed by atoms with E-state index < -0.39 is 12.0 Å². The van der Waals surface area contributed by atoms with E-state index in [-0.39, 0.29) is 13.0 Å². The summed E-state index contributed by atoms with van der Waals surface area (Å²) in [5.41, 5.74) is 0. The second-order valence-corrected chi connectivity index (χ2v) is 4.61. The Kier molecular flexibility index (Phi) is 2.20. The molecule has 1 aliphatic heterocycles. The highest BCUT2D eigenvalue weighted by Gasteiger charge is 2.42. The Balaban J connectivity index is 1.72. The van der Waals surface area contributed by atoms with Gasteiger partial charge < -0.3 is 9.84 Å². The number of rotatable bonds is 2. The fraction of sp³-hybridized carbons (Fsp3) is 0.800. The third kappa shape index (κ3) is 1.71. The second-order valence-electron chi connectivity index (χ2n) is 4.61. The summed E-state index contributed by atoms with van der Waals surface area (Å²) in [5.74, 6) is -1.32. The van der Waals surface area contributed by atoms with Gasteiger partial charge in [-0.1, -0.05) is 11.6 Å². The molecule has 1 aromatic rings.